The van der Waals surface area contributed by atoms with Crippen molar-refractivity contribution in [3.8, 4) is 0 Å². The first-order chi connectivity index (χ1) is 6.23. The number of hydrogen-bond acceptors (Lipinski definition) is 2. The number of fused-ring (bicyclic) bond motifs is 2. The summed E-state index contributed by atoms with van der Waals surface area (Å²) in [6.45, 7) is 1.56. The van der Waals surface area contributed by atoms with Gasteiger partial charge in [-0.15, -0.1) is 0 Å². The van der Waals surface area contributed by atoms with Crippen molar-refractivity contribution in [1.29, 1.82) is 0 Å². The smallest absolute Gasteiger partial charge is 0.171 e. The minimum absolute atomic E-state index is 0.181. The van der Waals surface area contributed by atoms with Crippen molar-refractivity contribution < 1.29 is 9.47 Å². The van der Waals surface area contributed by atoms with Crippen LogP contribution in [-0.2, 0) is 9.47 Å². The fourth-order valence-electron chi connectivity index (χ4n) is 2.92. The van der Waals surface area contributed by atoms with Gasteiger partial charge in [-0.05, 0) is 12.3 Å². The van der Waals surface area contributed by atoms with Gasteiger partial charge < -0.3 is 9.47 Å². The number of halogens is 2. The summed E-state index contributed by atoms with van der Waals surface area (Å²) in [6.07, 6.45) is 2.26. The van der Waals surface area contributed by atoms with Gasteiger partial charge in [0.05, 0.1) is 13.2 Å². The van der Waals surface area contributed by atoms with Crippen molar-refractivity contribution in [2.24, 2.45) is 11.8 Å². The molecular formula is C9H12Br2O2. The van der Waals surface area contributed by atoms with Crippen LogP contribution in [0.3, 0.4) is 0 Å². The lowest BCUT2D eigenvalue weighted by Gasteiger charge is -2.48. The normalized spacial score (nSPS) is 52.2. The minimum Gasteiger partial charge on any atom is -0.347 e. The molecule has 3 fully saturated rings. The van der Waals surface area contributed by atoms with Crippen LogP contribution in [0.2, 0.25) is 0 Å². The SMILES string of the molecule is BrC1CC2C(CC23OCCO3)C1Br. The summed E-state index contributed by atoms with van der Waals surface area (Å²) in [4.78, 5) is 1.20. The molecule has 3 rings (SSSR count). The zero-order valence-corrected chi connectivity index (χ0v) is 10.4. The van der Waals surface area contributed by atoms with E-state index in [4.69, 9.17) is 9.47 Å². The van der Waals surface area contributed by atoms with Crippen LogP contribution in [0.25, 0.3) is 0 Å². The summed E-state index contributed by atoms with van der Waals surface area (Å²) in [7, 11) is 0. The third kappa shape index (κ3) is 1.12. The number of hydrogen-bond donors (Lipinski definition) is 0. The monoisotopic (exact) mass is 310 g/mol. The molecule has 1 heterocycles. The fourth-order valence-corrected chi connectivity index (χ4v) is 4.49. The van der Waals surface area contributed by atoms with E-state index in [1.807, 2.05) is 0 Å². The Labute approximate surface area is 94.6 Å². The molecule has 0 aromatic rings. The van der Waals surface area contributed by atoms with Crippen molar-refractivity contribution >= 4 is 31.9 Å². The second kappa shape index (κ2) is 2.94. The predicted molar refractivity (Wildman–Crippen MR) is 56.3 cm³/mol. The van der Waals surface area contributed by atoms with Gasteiger partial charge in [-0.2, -0.15) is 0 Å². The molecule has 0 aromatic heterocycles. The van der Waals surface area contributed by atoms with Gasteiger partial charge in [0, 0.05) is 22.0 Å². The molecular weight excluding hydrogens is 300 g/mol. The Morgan fingerprint density at radius 3 is 2.46 bits per heavy atom. The first kappa shape index (κ1) is 9.13. The molecule has 74 valence electrons. The van der Waals surface area contributed by atoms with Gasteiger partial charge >= 0.3 is 0 Å². The van der Waals surface area contributed by atoms with Gasteiger partial charge in [0.25, 0.3) is 0 Å². The molecule has 1 spiro atoms. The van der Waals surface area contributed by atoms with Crippen LogP contribution in [-0.4, -0.2) is 28.7 Å². The molecule has 13 heavy (non-hydrogen) atoms. The van der Waals surface area contributed by atoms with Crippen LogP contribution >= 0.6 is 31.9 Å². The largest absolute Gasteiger partial charge is 0.347 e. The van der Waals surface area contributed by atoms with Gasteiger partial charge in [0.2, 0.25) is 0 Å². The van der Waals surface area contributed by atoms with E-state index in [1.165, 1.54) is 6.42 Å². The van der Waals surface area contributed by atoms with E-state index in [9.17, 15) is 0 Å². The maximum atomic E-state index is 5.72. The van der Waals surface area contributed by atoms with E-state index in [1.54, 1.807) is 0 Å². The second-order valence-corrected chi connectivity index (χ2v) is 6.41. The highest BCUT2D eigenvalue weighted by Crippen LogP contribution is 2.60. The molecule has 1 saturated heterocycles. The standard InChI is InChI=1S/C9H12Br2O2/c10-7-3-6-5(8(7)11)4-9(6)12-1-2-13-9/h5-8H,1-4H2. The Balaban J connectivity index is 1.79. The molecule has 4 heteroatoms. The van der Waals surface area contributed by atoms with Crippen molar-refractivity contribution in [2.75, 3.05) is 13.2 Å². The van der Waals surface area contributed by atoms with Crippen molar-refractivity contribution in [3.05, 3.63) is 0 Å². The van der Waals surface area contributed by atoms with E-state index in [-0.39, 0.29) is 5.79 Å². The molecule has 3 aliphatic rings. The van der Waals surface area contributed by atoms with Crippen LogP contribution in [0.1, 0.15) is 12.8 Å². The molecule has 0 N–H and O–H groups in total. The maximum absolute atomic E-state index is 5.72. The zero-order valence-electron chi connectivity index (χ0n) is 7.21. The maximum Gasteiger partial charge on any atom is 0.171 e. The average molecular weight is 312 g/mol. The van der Waals surface area contributed by atoms with Gasteiger partial charge in [-0.3, -0.25) is 0 Å². The van der Waals surface area contributed by atoms with Crippen molar-refractivity contribution in [1.82, 2.24) is 0 Å². The van der Waals surface area contributed by atoms with Crippen LogP contribution in [0.15, 0.2) is 0 Å². The van der Waals surface area contributed by atoms with Gasteiger partial charge in [-0.1, -0.05) is 31.9 Å². The summed E-state index contributed by atoms with van der Waals surface area (Å²) in [5, 5.41) is 0. The molecule has 0 amide bonds. The first-order valence-corrected chi connectivity index (χ1v) is 6.62. The first-order valence-electron chi connectivity index (χ1n) is 4.79. The van der Waals surface area contributed by atoms with E-state index in [0.29, 0.717) is 15.6 Å². The molecule has 4 unspecified atom stereocenters. The summed E-state index contributed by atoms with van der Waals surface area (Å²) < 4.78 is 11.4. The highest BCUT2D eigenvalue weighted by atomic mass is 79.9. The summed E-state index contributed by atoms with van der Waals surface area (Å²) in [6, 6.07) is 0. The van der Waals surface area contributed by atoms with Crippen LogP contribution in [0, 0.1) is 11.8 Å². The Hall–Kier alpha value is 0.880. The summed E-state index contributed by atoms with van der Waals surface area (Å²) >= 11 is 7.43. The highest BCUT2D eigenvalue weighted by molar-refractivity contribution is 9.12. The van der Waals surface area contributed by atoms with Crippen LogP contribution in [0.5, 0.6) is 0 Å². The Bertz CT molecular complexity index is 228. The van der Waals surface area contributed by atoms with Crippen molar-refractivity contribution in [2.45, 2.75) is 28.3 Å². The molecule has 0 radical (unpaired) electrons. The molecule has 0 aromatic carbocycles. The molecule has 0 bridgehead atoms. The lowest BCUT2D eigenvalue weighted by molar-refractivity contribution is -0.266. The summed E-state index contributed by atoms with van der Waals surface area (Å²) in [5.41, 5.74) is 0. The number of alkyl halides is 2. The van der Waals surface area contributed by atoms with Gasteiger partial charge in [-0.25, -0.2) is 0 Å². The lowest BCUT2D eigenvalue weighted by Crippen LogP contribution is -2.54. The Kier molecular flexibility index (Phi) is 2.06. The van der Waals surface area contributed by atoms with Crippen LogP contribution in [0.4, 0.5) is 0 Å². The van der Waals surface area contributed by atoms with Gasteiger partial charge in [0.15, 0.2) is 5.79 Å². The highest BCUT2D eigenvalue weighted by Gasteiger charge is 2.64. The molecule has 2 aliphatic carbocycles. The summed E-state index contributed by atoms with van der Waals surface area (Å²) in [5.74, 6) is 1.19. The Morgan fingerprint density at radius 1 is 1.15 bits per heavy atom. The molecule has 4 atom stereocenters. The number of ether oxygens (including phenoxy) is 2. The third-order valence-corrected chi connectivity index (χ3v) is 6.58. The molecule has 2 saturated carbocycles. The van der Waals surface area contributed by atoms with E-state index in [2.05, 4.69) is 31.9 Å². The number of rotatable bonds is 0. The fraction of sp³-hybridized carbons (Fsp3) is 1.00. The van der Waals surface area contributed by atoms with Gasteiger partial charge in [0.1, 0.15) is 0 Å². The van der Waals surface area contributed by atoms with E-state index < -0.39 is 0 Å². The topological polar surface area (TPSA) is 18.5 Å². The lowest BCUT2D eigenvalue weighted by atomic mass is 9.70. The van der Waals surface area contributed by atoms with E-state index >= 15 is 0 Å². The third-order valence-electron chi connectivity index (χ3n) is 3.61. The molecule has 1 aliphatic heterocycles. The molecule has 2 nitrogen and oxygen atoms in total. The zero-order chi connectivity index (χ0) is 9.05. The van der Waals surface area contributed by atoms with Crippen LogP contribution < -0.4 is 0 Å². The Morgan fingerprint density at radius 2 is 1.85 bits per heavy atom. The predicted octanol–water partition coefficient (Wildman–Crippen LogP) is 2.30. The quantitative estimate of drug-likeness (QED) is 0.639. The van der Waals surface area contributed by atoms with E-state index in [0.717, 1.165) is 25.6 Å². The minimum atomic E-state index is -0.181. The average Bonchev–Trinajstić information content (AvgIpc) is 2.65. The van der Waals surface area contributed by atoms with Crippen molar-refractivity contribution in [3.63, 3.8) is 0 Å². The second-order valence-electron chi connectivity index (χ2n) is 4.18.